The molecule has 0 aliphatic heterocycles. The van der Waals surface area contributed by atoms with Crippen molar-refractivity contribution in [3.05, 3.63) is 62.3 Å². The second-order valence-electron chi connectivity index (χ2n) is 36.1. The summed E-state index contributed by atoms with van der Waals surface area (Å²) < 4.78 is 26.8. The van der Waals surface area contributed by atoms with Crippen LogP contribution in [0.5, 0.6) is 0 Å². The molecule has 0 saturated heterocycles. The minimum Gasteiger partial charge on any atom is -0.463 e. The highest BCUT2D eigenvalue weighted by Crippen LogP contribution is 2.66. The van der Waals surface area contributed by atoms with Crippen LogP contribution in [0.2, 0.25) is 0 Å². The Balaban J connectivity index is 0.000000120. The van der Waals surface area contributed by atoms with Gasteiger partial charge in [0, 0.05) is 29.4 Å². The van der Waals surface area contributed by atoms with Crippen molar-refractivity contribution in [1.29, 1.82) is 0 Å². The van der Waals surface area contributed by atoms with E-state index in [0.717, 1.165) is 107 Å². The van der Waals surface area contributed by atoms with Crippen LogP contribution in [0, 0.1) is 117 Å². The predicted octanol–water partition coefficient (Wildman–Crippen LogP) is 20.1. The number of unbranched alkanes of at least 4 members (excludes halogenated alkanes) is 6. The summed E-state index contributed by atoms with van der Waals surface area (Å²) in [7, 11) is 0. The molecule has 20 rings (SSSR count). The molecule has 20 aliphatic carbocycles. The fourth-order valence-electron chi connectivity index (χ4n) is 26.0. The third-order valence-corrected chi connectivity index (χ3v) is 28.6. The fourth-order valence-corrected chi connectivity index (χ4v) is 26.0. The molecule has 20 bridgehead atoms. The minimum absolute atomic E-state index is 0.194. The number of ether oxygens (including phenoxy) is 5. The van der Waals surface area contributed by atoms with E-state index in [9.17, 15) is 24.0 Å². The van der Waals surface area contributed by atoms with Crippen LogP contribution in [0.1, 0.15) is 285 Å². The lowest BCUT2D eigenvalue weighted by Gasteiger charge is -2.59. The second kappa shape index (κ2) is 31.1. The van der Waals surface area contributed by atoms with Gasteiger partial charge in [-0.2, -0.15) is 0 Å². The zero-order valence-electron chi connectivity index (χ0n) is 59.6. The average Bonchev–Trinajstić information content (AvgIpc) is 0.724. The highest BCUT2D eigenvalue weighted by molar-refractivity contribution is 5.87. The van der Waals surface area contributed by atoms with Crippen molar-refractivity contribution < 1.29 is 47.7 Å². The Morgan fingerprint density at radius 3 is 0.872 bits per heavy atom. The van der Waals surface area contributed by atoms with Crippen LogP contribution < -0.4 is 0 Å². The molecule has 20 saturated carbocycles. The Labute approximate surface area is 569 Å². The summed E-state index contributed by atoms with van der Waals surface area (Å²) in [6.07, 6.45) is 59.2. The summed E-state index contributed by atoms with van der Waals surface area (Å²) in [5, 5.41) is 0. The number of carbonyl (C=O) groups excluding carboxylic acids is 5. The first-order valence-corrected chi connectivity index (χ1v) is 39.2. The van der Waals surface area contributed by atoms with Crippen LogP contribution in [0.15, 0.2) is 62.3 Å². The number of esters is 5. The third kappa shape index (κ3) is 17.5. The van der Waals surface area contributed by atoms with Crippen molar-refractivity contribution in [2.45, 2.75) is 296 Å². The van der Waals surface area contributed by atoms with E-state index in [1.165, 1.54) is 217 Å². The molecule has 0 heterocycles. The van der Waals surface area contributed by atoms with Crippen molar-refractivity contribution in [3.63, 3.8) is 0 Å². The van der Waals surface area contributed by atoms with Crippen molar-refractivity contribution in [2.75, 3.05) is 19.8 Å². The van der Waals surface area contributed by atoms with E-state index in [1.807, 2.05) is 0 Å². The Morgan fingerprint density at radius 2 is 0.574 bits per heavy atom. The first-order valence-electron chi connectivity index (χ1n) is 39.2. The normalized spacial score (nSPS) is 41.2. The van der Waals surface area contributed by atoms with Gasteiger partial charge in [0.15, 0.2) is 0 Å². The monoisotopic (exact) mass is 1300 g/mol. The summed E-state index contributed by atoms with van der Waals surface area (Å²) in [5.41, 5.74) is 2.73. The van der Waals surface area contributed by atoms with Crippen LogP contribution in [0.4, 0.5) is 0 Å². The molecule has 20 aliphatic rings. The first kappa shape index (κ1) is 71.3. The summed E-state index contributed by atoms with van der Waals surface area (Å²) in [5.74, 6) is 14.3. The molecular formula is C84H128O10. The van der Waals surface area contributed by atoms with Gasteiger partial charge in [-0.15, -0.1) is 0 Å². The second-order valence-corrected chi connectivity index (χ2v) is 36.1. The summed E-state index contributed by atoms with van der Waals surface area (Å²) in [6.45, 7) is 27.1. The molecule has 0 radical (unpaired) electrons. The zero-order chi connectivity index (χ0) is 66.4. The number of hydrogen-bond acceptors (Lipinski definition) is 10. The molecule has 0 spiro atoms. The summed E-state index contributed by atoms with van der Waals surface area (Å²) >= 11 is 0. The van der Waals surface area contributed by atoms with Gasteiger partial charge < -0.3 is 23.7 Å². The smallest absolute Gasteiger partial charge is 0.333 e. The molecule has 0 aromatic rings. The van der Waals surface area contributed by atoms with E-state index in [2.05, 4.69) is 46.7 Å². The van der Waals surface area contributed by atoms with Crippen LogP contribution in [-0.4, -0.2) is 60.9 Å². The van der Waals surface area contributed by atoms with Crippen LogP contribution in [0.25, 0.3) is 0 Å². The molecule has 524 valence electrons. The van der Waals surface area contributed by atoms with Crippen molar-refractivity contribution in [3.8, 4) is 0 Å². The minimum atomic E-state index is -0.288. The first-order chi connectivity index (χ1) is 45.0. The van der Waals surface area contributed by atoms with Gasteiger partial charge in [-0.05, 0) is 363 Å². The number of rotatable bonds is 25. The van der Waals surface area contributed by atoms with E-state index < -0.39 is 0 Å². The molecule has 20 fully saturated rings. The lowest BCUT2D eigenvalue weighted by Crippen LogP contribution is -2.58. The molecule has 10 heteroatoms. The van der Waals surface area contributed by atoms with Gasteiger partial charge in [-0.1, -0.05) is 71.4 Å². The maximum atomic E-state index is 11.8. The molecule has 0 amide bonds. The van der Waals surface area contributed by atoms with E-state index >= 15 is 0 Å². The lowest BCUT2D eigenvalue weighted by molar-refractivity contribution is -0.199. The van der Waals surface area contributed by atoms with Gasteiger partial charge in [0.25, 0.3) is 0 Å². The van der Waals surface area contributed by atoms with Crippen molar-refractivity contribution >= 4 is 29.8 Å². The van der Waals surface area contributed by atoms with Gasteiger partial charge in [-0.3, -0.25) is 0 Å². The van der Waals surface area contributed by atoms with Gasteiger partial charge in [0.2, 0.25) is 0 Å². The highest BCUT2D eigenvalue weighted by atomic mass is 16.6. The maximum absolute atomic E-state index is 11.8. The molecule has 10 nitrogen and oxygen atoms in total. The predicted molar refractivity (Wildman–Crippen MR) is 373 cm³/mol. The average molecular weight is 1300 g/mol. The fraction of sp³-hybridized carbons (Fsp3) is 0.821. The van der Waals surface area contributed by atoms with Gasteiger partial charge in [0.1, 0.15) is 11.2 Å². The molecule has 0 aromatic heterocycles. The molecular weight excluding hydrogens is 1170 g/mol. The van der Waals surface area contributed by atoms with Gasteiger partial charge >= 0.3 is 29.8 Å². The standard InChI is InChI=1S/C20H32O2.C19H30O2.C16H24O2.C15H22O2.C14H20O2/c1-15(2)19(21)22-8-6-4-3-5-7-20-12-16-9-17(13-20)11-18(10-16)14-20;1-2-18(20)21-8-6-4-3-5-7-19-12-15-9-16(13-19)11-17(10-15)14-19;1-2-15(17)18-5-3-4-16-9-12-6-13(10-16)8-14(7-12)11-16;1-9(2)14(16)17-15(3)12-5-10-4-11(7-12)8-13(15)6-10;1-3-13(15)16-14(2)11-5-9-4-10(7-11)8-12(14)6-9/h16-18H,1,3-14H2,2H3;2,15-17H,1,3-14H2;2,12-14H,1,3-11H2;10-13H,1,4-8H2,2-3H3;3,9-12H,1,4-8H2,2H3. The maximum Gasteiger partial charge on any atom is 0.333 e. The van der Waals surface area contributed by atoms with Crippen molar-refractivity contribution in [1.82, 2.24) is 0 Å². The zero-order valence-corrected chi connectivity index (χ0v) is 59.6. The summed E-state index contributed by atoms with van der Waals surface area (Å²) in [4.78, 5) is 56.5. The largest absolute Gasteiger partial charge is 0.463 e. The third-order valence-electron chi connectivity index (χ3n) is 28.6. The van der Waals surface area contributed by atoms with E-state index in [-0.39, 0.29) is 41.0 Å². The summed E-state index contributed by atoms with van der Waals surface area (Å²) in [6, 6.07) is 0. The van der Waals surface area contributed by atoms with Gasteiger partial charge in [0.05, 0.1) is 19.8 Å². The number of hydrogen-bond donors (Lipinski definition) is 0. The molecule has 94 heavy (non-hydrogen) atoms. The van der Waals surface area contributed by atoms with Crippen LogP contribution in [-0.2, 0) is 47.7 Å². The van der Waals surface area contributed by atoms with E-state index in [0.29, 0.717) is 60.1 Å². The van der Waals surface area contributed by atoms with Crippen LogP contribution in [0.3, 0.4) is 0 Å². The van der Waals surface area contributed by atoms with Gasteiger partial charge in [-0.25, -0.2) is 24.0 Å². The van der Waals surface area contributed by atoms with Crippen molar-refractivity contribution in [2.24, 2.45) is 117 Å². The Kier molecular flexibility index (Phi) is 23.6. The molecule has 0 unspecified atom stereocenters. The molecule has 0 N–H and O–H groups in total. The molecule has 0 aromatic carbocycles. The quantitative estimate of drug-likeness (QED) is 0.0377. The molecule has 0 atom stereocenters. The van der Waals surface area contributed by atoms with E-state index in [1.54, 1.807) is 52.4 Å². The Hall–Kier alpha value is -3.95. The topological polar surface area (TPSA) is 132 Å². The highest BCUT2D eigenvalue weighted by Gasteiger charge is 2.59. The number of carbonyl (C=O) groups is 5. The SMILES string of the molecule is C=C(C)C(=O)OC1(C)C2CC3CC(C2)CC1C3.C=C(C)C(=O)OCCCCCCC12CC3CC(CC(C3)C1)C2.C=CC(=O)OC1(C)C2CC3CC(C2)CC1C3.C=CC(=O)OCCCC12CC3CC(CC(C3)C1)C2.C=CC(=O)OCCCCCCC12CC3CC(CC(C3)C1)C2. The van der Waals surface area contributed by atoms with Crippen LogP contribution >= 0.6 is 0 Å². The Morgan fingerprint density at radius 1 is 0.319 bits per heavy atom. The Bertz CT molecular complexity index is 2530. The lowest BCUT2D eigenvalue weighted by atomic mass is 9.48. The van der Waals surface area contributed by atoms with E-state index in [4.69, 9.17) is 23.7 Å².